The fourth-order valence-electron chi connectivity index (χ4n) is 8.82. The Bertz CT molecular complexity index is 1890. The lowest BCUT2D eigenvalue weighted by molar-refractivity contribution is -0.384. The average molecular weight is 814 g/mol. The molecule has 0 spiro atoms. The number of allylic oxidation sites excluding steroid dienone is 1. The van der Waals surface area contributed by atoms with Crippen molar-refractivity contribution in [3.8, 4) is 11.5 Å². The maximum Gasteiger partial charge on any atom is 0.269 e. The third-order valence-electron chi connectivity index (χ3n) is 11.7. The van der Waals surface area contributed by atoms with Crippen molar-refractivity contribution in [2.24, 2.45) is 22.9 Å². The number of oxime groups is 1. The van der Waals surface area contributed by atoms with Crippen molar-refractivity contribution in [1.82, 2.24) is 14.9 Å². The largest absolute Gasteiger partial charge is 0.492 e. The minimum absolute atomic E-state index is 0.0190. The Morgan fingerprint density at radius 3 is 2.62 bits per heavy atom. The number of thioether (sulfide) groups is 1. The van der Waals surface area contributed by atoms with Crippen LogP contribution in [0.15, 0.2) is 90.5 Å². The molecule has 3 aromatic rings. The Balaban J connectivity index is 1.32. The summed E-state index contributed by atoms with van der Waals surface area (Å²) in [6.07, 6.45) is 15.5. The predicted molar refractivity (Wildman–Crippen MR) is 223 cm³/mol. The van der Waals surface area contributed by atoms with Crippen LogP contribution in [0.4, 0.5) is 5.69 Å². The number of rotatable bonds is 23. The summed E-state index contributed by atoms with van der Waals surface area (Å²) in [7, 11) is 0. The van der Waals surface area contributed by atoms with E-state index in [1.165, 1.54) is 12.1 Å². The van der Waals surface area contributed by atoms with E-state index in [0.29, 0.717) is 32.3 Å². The molecule has 58 heavy (non-hydrogen) atoms. The summed E-state index contributed by atoms with van der Waals surface area (Å²) in [5.41, 5.74) is 4.63. The van der Waals surface area contributed by atoms with E-state index in [1.807, 2.05) is 12.1 Å². The van der Waals surface area contributed by atoms with Gasteiger partial charge in [0.1, 0.15) is 24.7 Å². The SMILES string of the molecule is C=CCO[C@@]12Oc3ccc(OCCN4CC4)cc3[C@H]3[C@H](CCCCO)[C@@H](CCCCO)C=C(C(=NOCc4ccc([N+](=O)[O-])cc4)C[C@@H]1SCCc1cnccn1)[C@H]32. The van der Waals surface area contributed by atoms with Crippen molar-refractivity contribution in [3.63, 3.8) is 0 Å². The van der Waals surface area contributed by atoms with Crippen molar-refractivity contribution < 1.29 is 34.2 Å². The van der Waals surface area contributed by atoms with Crippen molar-refractivity contribution in [1.29, 1.82) is 0 Å². The van der Waals surface area contributed by atoms with Gasteiger partial charge in [-0.3, -0.25) is 25.0 Å². The van der Waals surface area contributed by atoms with Crippen LogP contribution in [0.3, 0.4) is 0 Å². The van der Waals surface area contributed by atoms with Crippen LogP contribution in [0.1, 0.15) is 67.7 Å². The van der Waals surface area contributed by atoms with Crippen LogP contribution in [0.25, 0.3) is 0 Å². The lowest BCUT2D eigenvalue weighted by atomic mass is 9.56. The summed E-state index contributed by atoms with van der Waals surface area (Å²) in [6, 6.07) is 12.5. The fourth-order valence-corrected chi connectivity index (χ4v) is 10.2. The van der Waals surface area contributed by atoms with Crippen LogP contribution >= 0.6 is 11.8 Å². The van der Waals surface area contributed by atoms with E-state index in [9.17, 15) is 20.3 Å². The summed E-state index contributed by atoms with van der Waals surface area (Å²) in [6.45, 7) is 8.43. The lowest BCUT2D eigenvalue weighted by Gasteiger charge is -2.58. The maximum atomic E-state index is 11.3. The second-order valence-electron chi connectivity index (χ2n) is 15.5. The van der Waals surface area contributed by atoms with Gasteiger partial charge < -0.3 is 29.3 Å². The van der Waals surface area contributed by atoms with Crippen LogP contribution in [0, 0.1) is 27.9 Å². The van der Waals surface area contributed by atoms with Gasteiger partial charge in [0.2, 0.25) is 5.79 Å². The number of ether oxygens (including phenoxy) is 3. The molecular formula is C44H55N5O8S. The number of unbranched alkanes of at least 4 members (excludes halogenated alkanes) is 2. The molecule has 14 heteroatoms. The standard InChI is InChI=1S/C44H55N5O8S/c1-2-23-55-44-41(58-25-15-33-29-45-16-17-46-33)28-39(47-56-30-31-9-11-34(12-10-31)49(52)53)37-26-32(7-3-5-21-50)36(8-4-6-22-51)42(43(37)44)38-27-35(13-14-40(38)57-44)54-24-20-48-18-19-48/h2,9-14,16-17,26-27,29,32,36,41-43,50-51H,1,3-8,15,18-25,28,30H2/t32-,36+,41-,42+,43+,44+/m0/s1. The number of aryl methyl sites for hydroxylation is 1. The van der Waals surface area contributed by atoms with E-state index < -0.39 is 10.7 Å². The summed E-state index contributed by atoms with van der Waals surface area (Å²) in [5.74, 6) is 1.23. The molecule has 3 heterocycles. The molecule has 13 nitrogen and oxygen atoms in total. The van der Waals surface area contributed by atoms with Crippen molar-refractivity contribution >= 4 is 23.2 Å². The average Bonchev–Trinajstić information content (AvgIpc) is 4.07. The van der Waals surface area contributed by atoms with Gasteiger partial charge in [0.15, 0.2) is 0 Å². The number of hydrogen-bond donors (Lipinski definition) is 2. The van der Waals surface area contributed by atoms with Crippen molar-refractivity contribution in [2.75, 3.05) is 51.8 Å². The third-order valence-corrected chi connectivity index (χ3v) is 13.0. The molecule has 6 atom stereocenters. The van der Waals surface area contributed by atoms with Gasteiger partial charge in [-0.05, 0) is 84.7 Å². The van der Waals surface area contributed by atoms with Gasteiger partial charge in [-0.2, -0.15) is 11.8 Å². The zero-order valence-electron chi connectivity index (χ0n) is 33.0. The highest BCUT2D eigenvalue weighted by atomic mass is 32.2. The number of aliphatic hydroxyl groups is 2. The number of benzene rings is 2. The summed E-state index contributed by atoms with van der Waals surface area (Å²) in [4.78, 5) is 28.1. The van der Waals surface area contributed by atoms with E-state index in [1.54, 1.807) is 48.6 Å². The number of aliphatic hydroxyl groups excluding tert-OH is 2. The molecular weight excluding hydrogens is 759 g/mol. The first-order valence-corrected chi connectivity index (χ1v) is 21.6. The number of hydrogen-bond acceptors (Lipinski definition) is 13. The summed E-state index contributed by atoms with van der Waals surface area (Å²) >= 11 is 1.77. The first-order chi connectivity index (χ1) is 28.4. The quantitative estimate of drug-likeness (QED) is 0.0336. The van der Waals surface area contributed by atoms with Crippen LogP contribution in [0.5, 0.6) is 11.5 Å². The molecule has 2 N–H and O–H groups in total. The molecule has 7 rings (SSSR count). The number of aromatic nitrogens is 2. The molecule has 2 aliphatic carbocycles. The number of fused-ring (bicyclic) bond motifs is 2. The molecule has 310 valence electrons. The second kappa shape index (κ2) is 20.1. The van der Waals surface area contributed by atoms with E-state index in [2.05, 4.69) is 33.6 Å². The first kappa shape index (κ1) is 41.8. The van der Waals surface area contributed by atoms with Crippen molar-refractivity contribution in [3.05, 3.63) is 112 Å². The predicted octanol–water partition coefficient (Wildman–Crippen LogP) is 6.89. The Kier molecular flexibility index (Phi) is 14.5. The number of nitro benzene ring substituents is 1. The number of nitro groups is 1. The highest BCUT2D eigenvalue weighted by molar-refractivity contribution is 8.00. The van der Waals surface area contributed by atoms with Crippen molar-refractivity contribution in [2.45, 2.75) is 74.9 Å². The Hall–Kier alpha value is -4.34. The van der Waals surface area contributed by atoms with Gasteiger partial charge in [0.25, 0.3) is 5.69 Å². The number of non-ortho nitro benzene ring substituents is 1. The highest BCUT2D eigenvalue weighted by Crippen LogP contribution is 2.62. The Labute approximate surface area is 344 Å². The third kappa shape index (κ3) is 9.91. The van der Waals surface area contributed by atoms with Gasteiger partial charge >= 0.3 is 0 Å². The van der Waals surface area contributed by atoms with Crippen LogP contribution in [-0.2, 0) is 22.6 Å². The van der Waals surface area contributed by atoms with Gasteiger partial charge in [-0.25, -0.2) is 0 Å². The first-order valence-electron chi connectivity index (χ1n) is 20.6. The topological polar surface area (TPSA) is 162 Å². The summed E-state index contributed by atoms with van der Waals surface area (Å²) < 4.78 is 20.7. The maximum absolute atomic E-state index is 11.3. The lowest BCUT2D eigenvalue weighted by Crippen LogP contribution is -2.64. The molecule has 0 unspecified atom stereocenters. The van der Waals surface area contributed by atoms with Gasteiger partial charge in [-0.15, -0.1) is 6.58 Å². The molecule has 1 saturated carbocycles. The molecule has 1 aromatic heterocycles. The zero-order chi connectivity index (χ0) is 40.3. The minimum Gasteiger partial charge on any atom is -0.492 e. The van der Waals surface area contributed by atoms with E-state index in [-0.39, 0.29) is 61.0 Å². The van der Waals surface area contributed by atoms with Crippen LogP contribution in [0.2, 0.25) is 0 Å². The molecule has 0 amide bonds. The monoisotopic (exact) mass is 813 g/mol. The van der Waals surface area contributed by atoms with Crippen LogP contribution in [-0.4, -0.2) is 98.6 Å². The van der Waals surface area contributed by atoms with E-state index in [4.69, 9.17) is 24.2 Å². The highest BCUT2D eigenvalue weighted by Gasteiger charge is 2.64. The van der Waals surface area contributed by atoms with Gasteiger partial charge in [-0.1, -0.05) is 30.1 Å². The fraction of sp³-hybridized carbons (Fsp3) is 0.523. The molecule has 0 bridgehead atoms. The molecule has 1 saturated heterocycles. The molecule has 2 aliphatic heterocycles. The minimum atomic E-state index is -1.09. The summed E-state index contributed by atoms with van der Waals surface area (Å²) in [5, 5.41) is 35.7. The molecule has 0 radical (unpaired) electrons. The Morgan fingerprint density at radius 2 is 1.90 bits per heavy atom. The molecule has 2 fully saturated rings. The molecule has 4 aliphatic rings. The smallest absolute Gasteiger partial charge is 0.269 e. The van der Waals surface area contributed by atoms with Gasteiger partial charge in [0.05, 0.1) is 34.1 Å². The second-order valence-corrected chi connectivity index (χ2v) is 16.8. The van der Waals surface area contributed by atoms with Crippen LogP contribution < -0.4 is 9.47 Å². The zero-order valence-corrected chi connectivity index (χ0v) is 33.8. The number of nitrogens with zero attached hydrogens (tertiary/aromatic N) is 5. The van der Waals surface area contributed by atoms with Gasteiger partial charge in [0, 0.05) is 87.9 Å². The normalized spacial score (nSPS) is 25.2. The van der Waals surface area contributed by atoms with E-state index in [0.717, 1.165) is 90.7 Å². The Morgan fingerprint density at radius 1 is 1.09 bits per heavy atom. The molecule has 2 aromatic carbocycles. The van der Waals surface area contributed by atoms with E-state index >= 15 is 0 Å².